The number of ether oxygens (including phenoxy) is 1. The molecule has 0 bridgehead atoms. The van der Waals surface area contributed by atoms with Gasteiger partial charge in [0.1, 0.15) is 16.5 Å². The molecule has 0 saturated carbocycles. The zero-order valence-electron chi connectivity index (χ0n) is 23.7. The Kier molecular flexibility index (Phi) is 10.2. The monoisotopic (exact) mass is 639 g/mol. The van der Waals surface area contributed by atoms with Gasteiger partial charge >= 0.3 is 18.3 Å². The number of rotatable bonds is 6. The van der Waals surface area contributed by atoms with Gasteiger partial charge in [-0.25, -0.2) is 9.78 Å². The summed E-state index contributed by atoms with van der Waals surface area (Å²) in [6.45, 7) is 3.48. The van der Waals surface area contributed by atoms with Gasteiger partial charge in [-0.15, -0.1) is 0 Å². The first-order valence-electron chi connectivity index (χ1n) is 13.3. The molecule has 0 aliphatic heterocycles. The number of carboxylic acid groups (broad SMARTS) is 1. The number of hydrogen-bond acceptors (Lipinski definition) is 4. The summed E-state index contributed by atoms with van der Waals surface area (Å²) in [6, 6.07) is 17.2. The standard InChI is InChI=1S/C34H23F6NO3S/c1-3-29(32(42)43)44-30-17-16-28(18-21(30)2)45-31-20-24(5-4-22-6-11-25(12-7-22)33(35,36)37)19-27(41-31)15-10-23-8-13-26(14-9-23)34(38,39)40/h6-9,11-14,16-20,29H,3H2,1-2H3,(H,42,43). The van der Waals surface area contributed by atoms with Gasteiger partial charge in [-0.05, 0) is 104 Å². The van der Waals surface area contributed by atoms with Crippen LogP contribution in [0.2, 0.25) is 0 Å². The van der Waals surface area contributed by atoms with Gasteiger partial charge in [0.05, 0.1) is 11.1 Å². The molecule has 230 valence electrons. The molecule has 11 heteroatoms. The third-order valence-corrected chi connectivity index (χ3v) is 7.10. The van der Waals surface area contributed by atoms with Crippen LogP contribution in [-0.4, -0.2) is 22.2 Å². The van der Waals surface area contributed by atoms with E-state index in [1.807, 2.05) is 0 Å². The van der Waals surface area contributed by atoms with E-state index in [0.717, 1.165) is 29.2 Å². The van der Waals surface area contributed by atoms with Crippen molar-refractivity contribution < 1.29 is 41.0 Å². The maximum Gasteiger partial charge on any atom is 0.416 e. The number of hydrogen-bond donors (Lipinski definition) is 1. The molecule has 4 aromatic rings. The van der Waals surface area contributed by atoms with Crippen molar-refractivity contribution in [1.82, 2.24) is 4.98 Å². The highest BCUT2D eigenvalue weighted by molar-refractivity contribution is 7.99. The molecule has 0 aliphatic rings. The number of aromatic nitrogens is 1. The molecule has 1 N–H and O–H groups in total. The van der Waals surface area contributed by atoms with Gasteiger partial charge in [0.25, 0.3) is 0 Å². The average Bonchev–Trinajstić information content (AvgIpc) is 2.98. The van der Waals surface area contributed by atoms with Crippen LogP contribution >= 0.6 is 11.8 Å². The third-order valence-electron chi connectivity index (χ3n) is 6.20. The van der Waals surface area contributed by atoms with Gasteiger partial charge in [-0.2, -0.15) is 26.3 Å². The van der Waals surface area contributed by atoms with Crippen molar-refractivity contribution in [3.05, 3.63) is 118 Å². The maximum atomic E-state index is 12.9. The number of carbonyl (C=O) groups is 1. The normalized spacial score (nSPS) is 11.9. The maximum absolute atomic E-state index is 12.9. The Morgan fingerprint density at radius 1 is 0.800 bits per heavy atom. The summed E-state index contributed by atoms with van der Waals surface area (Å²) < 4.78 is 83.1. The predicted octanol–water partition coefficient (Wildman–Crippen LogP) is 8.62. The molecule has 3 aromatic carbocycles. The highest BCUT2D eigenvalue weighted by Gasteiger charge is 2.30. The number of benzene rings is 3. The summed E-state index contributed by atoms with van der Waals surface area (Å²) in [7, 11) is 0. The molecule has 0 amide bonds. The average molecular weight is 640 g/mol. The second kappa shape index (κ2) is 13.8. The van der Waals surface area contributed by atoms with E-state index in [1.54, 1.807) is 44.2 Å². The fourth-order valence-corrected chi connectivity index (χ4v) is 4.80. The molecule has 0 spiro atoms. The van der Waals surface area contributed by atoms with Crippen molar-refractivity contribution in [2.24, 2.45) is 0 Å². The zero-order valence-corrected chi connectivity index (χ0v) is 24.5. The van der Waals surface area contributed by atoms with Crippen LogP contribution in [0.5, 0.6) is 5.75 Å². The van der Waals surface area contributed by atoms with Gasteiger partial charge in [0.2, 0.25) is 0 Å². The highest BCUT2D eigenvalue weighted by Crippen LogP contribution is 2.32. The summed E-state index contributed by atoms with van der Waals surface area (Å²) in [5.41, 5.74) is 0.498. The number of aliphatic carboxylic acids is 1. The van der Waals surface area contributed by atoms with E-state index in [-0.39, 0.29) is 12.1 Å². The molecular formula is C34H23F6NO3S. The molecule has 1 unspecified atom stereocenters. The lowest BCUT2D eigenvalue weighted by Crippen LogP contribution is -2.26. The molecule has 4 nitrogen and oxygen atoms in total. The fraction of sp³-hybridized carbons (Fsp3) is 0.176. The van der Waals surface area contributed by atoms with Crippen LogP contribution in [0.3, 0.4) is 0 Å². The number of alkyl halides is 6. The molecule has 0 saturated heterocycles. The minimum Gasteiger partial charge on any atom is -0.479 e. The van der Waals surface area contributed by atoms with Crippen LogP contribution < -0.4 is 4.74 Å². The smallest absolute Gasteiger partial charge is 0.416 e. The Balaban J connectivity index is 1.66. The van der Waals surface area contributed by atoms with Crippen LogP contribution in [-0.2, 0) is 17.1 Å². The van der Waals surface area contributed by atoms with E-state index < -0.39 is 35.6 Å². The Labute approximate surface area is 259 Å². The quantitative estimate of drug-likeness (QED) is 0.169. The van der Waals surface area contributed by atoms with Crippen molar-refractivity contribution in [2.75, 3.05) is 0 Å². The van der Waals surface area contributed by atoms with Crippen molar-refractivity contribution in [3.8, 4) is 29.4 Å². The first kappa shape index (κ1) is 33.0. The Morgan fingerprint density at radius 2 is 1.33 bits per heavy atom. The second-order valence-electron chi connectivity index (χ2n) is 9.61. The number of aryl methyl sites for hydroxylation is 1. The Hall–Kier alpha value is -4.87. The van der Waals surface area contributed by atoms with Crippen LogP contribution in [0.1, 0.15) is 52.4 Å². The Morgan fingerprint density at radius 3 is 1.82 bits per heavy atom. The van der Waals surface area contributed by atoms with Crippen molar-refractivity contribution in [1.29, 1.82) is 0 Å². The predicted molar refractivity (Wildman–Crippen MR) is 157 cm³/mol. The lowest BCUT2D eigenvalue weighted by atomic mass is 10.1. The summed E-state index contributed by atoms with van der Waals surface area (Å²) >= 11 is 1.25. The number of carboxylic acids is 1. The SMILES string of the molecule is CCC(Oc1ccc(Sc2cc(C#Cc3ccc(C(F)(F)F)cc3)cc(C#Cc3ccc(C(F)(F)F)cc3)n2)cc1C)C(=O)O. The van der Waals surface area contributed by atoms with Gasteiger partial charge in [0, 0.05) is 21.6 Å². The van der Waals surface area contributed by atoms with Crippen LogP contribution in [0.4, 0.5) is 26.3 Å². The van der Waals surface area contributed by atoms with Crippen molar-refractivity contribution >= 4 is 17.7 Å². The summed E-state index contributed by atoms with van der Waals surface area (Å²) in [6.07, 6.45) is -9.66. The summed E-state index contributed by atoms with van der Waals surface area (Å²) in [4.78, 5) is 16.6. The highest BCUT2D eigenvalue weighted by atomic mass is 32.2. The van der Waals surface area contributed by atoms with Gasteiger partial charge in [-0.3, -0.25) is 0 Å². The molecular weight excluding hydrogens is 616 g/mol. The first-order valence-corrected chi connectivity index (χ1v) is 14.1. The van der Waals surface area contributed by atoms with E-state index in [0.29, 0.717) is 33.0 Å². The van der Waals surface area contributed by atoms with E-state index in [1.165, 1.54) is 36.0 Å². The largest absolute Gasteiger partial charge is 0.479 e. The molecule has 1 aromatic heterocycles. The Bertz CT molecular complexity index is 1720. The molecule has 0 fully saturated rings. The molecule has 4 rings (SSSR count). The summed E-state index contributed by atoms with van der Waals surface area (Å²) in [5.74, 6) is 10.7. The van der Waals surface area contributed by atoms with Crippen LogP contribution in [0.25, 0.3) is 0 Å². The number of nitrogens with zero attached hydrogens (tertiary/aromatic N) is 1. The fourth-order valence-electron chi connectivity index (χ4n) is 3.86. The third kappa shape index (κ3) is 9.31. The molecule has 0 radical (unpaired) electrons. The van der Waals surface area contributed by atoms with Crippen LogP contribution in [0.15, 0.2) is 88.8 Å². The van der Waals surface area contributed by atoms with E-state index in [2.05, 4.69) is 28.7 Å². The minimum atomic E-state index is -4.48. The first-order chi connectivity index (χ1) is 21.2. The van der Waals surface area contributed by atoms with Gasteiger partial charge < -0.3 is 9.84 Å². The zero-order chi connectivity index (χ0) is 32.8. The topological polar surface area (TPSA) is 59.4 Å². The second-order valence-corrected chi connectivity index (χ2v) is 10.7. The van der Waals surface area contributed by atoms with E-state index >= 15 is 0 Å². The summed E-state index contributed by atoms with van der Waals surface area (Å²) in [5, 5.41) is 9.77. The van der Waals surface area contributed by atoms with Crippen molar-refractivity contribution in [2.45, 2.75) is 48.6 Å². The van der Waals surface area contributed by atoms with Crippen molar-refractivity contribution in [3.63, 3.8) is 0 Å². The number of pyridine rings is 1. The number of halogens is 6. The molecule has 1 heterocycles. The van der Waals surface area contributed by atoms with E-state index in [4.69, 9.17) is 4.74 Å². The molecule has 45 heavy (non-hydrogen) atoms. The van der Waals surface area contributed by atoms with Gasteiger partial charge in [-0.1, -0.05) is 36.4 Å². The van der Waals surface area contributed by atoms with Gasteiger partial charge in [0.15, 0.2) is 6.10 Å². The minimum absolute atomic E-state index is 0.264. The van der Waals surface area contributed by atoms with Crippen LogP contribution in [0, 0.1) is 30.6 Å². The van der Waals surface area contributed by atoms with E-state index in [9.17, 15) is 36.2 Å². The molecule has 1 atom stereocenters. The molecule has 0 aliphatic carbocycles. The lowest BCUT2D eigenvalue weighted by molar-refractivity contribution is -0.145. The lowest BCUT2D eigenvalue weighted by Gasteiger charge is -2.15.